The number of allylic oxidation sites excluding steroid dienone is 1. The minimum absolute atomic E-state index is 0.321. The third kappa shape index (κ3) is 2.79. The number of pyridine rings is 1. The number of amides is 1. The van der Waals surface area contributed by atoms with Crippen molar-refractivity contribution in [1.82, 2.24) is 25.2 Å². The average molecular weight is 351 g/mol. The molecule has 0 saturated carbocycles. The number of benzene rings is 1. The van der Waals surface area contributed by atoms with E-state index in [2.05, 4.69) is 31.1 Å². The van der Waals surface area contributed by atoms with Crippen molar-refractivity contribution in [1.29, 1.82) is 0 Å². The quantitative estimate of drug-likeness (QED) is 0.750. The lowest BCUT2D eigenvalue weighted by Gasteiger charge is -2.27. The number of aromatic nitrogens is 5. The minimum atomic E-state index is -0.585. The standard InChI is InChI=1S/C17H14FN7O/c1-10-14(16(26)21-13-3-2-8-19-9-13)15(11-4-6-12(18)7-5-11)25-17(20-10)22-23-24-25/h2-9,15H,1H3,(H,21,26)(H,20,22,24)/t15-/m1/s1. The van der Waals surface area contributed by atoms with Crippen LogP contribution in [-0.2, 0) is 4.79 Å². The Morgan fingerprint density at radius 1 is 1.27 bits per heavy atom. The van der Waals surface area contributed by atoms with Gasteiger partial charge in [0, 0.05) is 11.9 Å². The zero-order valence-corrected chi connectivity index (χ0v) is 13.7. The van der Waals surface area contributed by atoms with Crippen LogP contribution in [0.2, 0.25) is 0 Å². The molecule has 4 rings (SSSR count). The Labute approximate surface area is 147 Å². The van der Waals surface area contributed by atoms with Crippen LogP contribution in [-0.4, -0.2) is 31.1 Å². The number of carbonyl (C=O) groups is 1. The molecule has 0 fully saturated rings. The second-order valence-electron chi connectivity index (χ2n) is 5.76. The van der Waals surface area contributed by atoms with Gasteiger partial charge in [-0.2, -0.15) is 4.68 Å². The molecule has 0 bridgehead atoms. The largest absolute Gasteiger partial charge is 0.326 e. The molecule has 1 aliphatic rings. The zero-order valence-electron chi connectivity index (χ0n) is 13.7. The lowest BCUT2D eigenvalue weighted by atomic mass is 9.95. The number of halogens is 1. The first-order valence-corrected chi connectivity index (χ1v) is 7.86. The molecule has 1 amide bonds. The summed E-state index contributed by atoms with van der Waals surface area (Å²) in [6.45, 7) is 1.77. The van der Waals surface area contributed by atoms with Crippen LogP contribution in [0.25, 0.3) is 0 Å². The molecule has 1 aromatic carbocycles. The van der Waals surface area contributed by atoms with E-state index in [9.17, 15) is 9.18 Å². The Balaban J connectivity index is 1.77. The van der Waals surface area contributed by atoms with Gasteiger partial charge < -0.3 is 10.6 Å². The van der Waals surface area contributed by atoms with Crippen LogP contribution in [0.1, 0.15) is 18.5 Å². The van der Waals surface area contributed by atoms with Crippen molar-refractivity contribution in [2.45, 2.75) is 13.0 Å². The highest BCUT2D eigenvalue weighted by atomic mass is 19.1. The molecule has 2 aromatic heterocycles. The molecule has 2 N–H and O–H groups in total. The van der Waals surface area contributed by atoms with Gasteiger partial charge >= 0.3 is 0 Å². The molecule has 130 valence electrons. The fourth-order valence-corrected chi connectivity index (χ4v) is 2.89. The van der Waals surface area contributed by atoms with Crippen LogP contribution in [0.15, 0.2) is 60.1 Å². The summed E-state index contributed by atoms with van der Waals surface area (Å²) in [6.07, 6.45) is 3.18. The molecule has 3 aromatic rings. The van der Waals surface area contributed by atoms with E-state index in [4.69, 9.17) is 0 Å². The minimum Gasteiger partial charge on any atom is -0.326 e. The third-order valence-corrected chi connectivity index (χ3v) is 4.06. The van der Waals surface area contributed by atoms with Crippen molar-refractivity contribution in [3.05, 3.63) is 71.4 Å². The molecule has 9 heteroatoms. The Morgan fingerprint density at radius 2 is 2.08 bits per heavy atom. The number of anilines is 2. The number of fused-ring (bicyclic) bond motifs is 1. The summed E-state index contributed by atoms with van der Waals surface area (Å²) >= 11 is 0. The van der Waals surface area contributed by atoms with Gasteiger partial charge in [-0.3, -0.25) is 9.78 Å². The molecule has 0 radical (unpaired) electrons. The molecule has 26 heavy (non-hydrogen) atoms. The van der Waals surface area contributed by atoms with Gasteiger partial charge in [-0.15, -0.1) is 0 Å². The first kappa shape index (κ1) is 15.9. The maximum atomic E-state index is 13.4. The Bertz CT molecular complexity index is 982. The second-order valence-corrected chi connectivity index (χ2v) is 5.76. The van der Waals surface area contributed by atoms with Crippen molar-refractivity contribution >= 4 is 17.5 Å². The number of hydrogen-bond acceptors (Lipinski definition) is 6. The van der Waals surface area contributed by atoms with Gasteiger partial charge in [0.1, 0.15) is 11.9 Å². The maximum Gasteiger partial charge on any atom is 0.255 e. The van der Waals surface area contributed by atoms with Crippen molar-refractivity contribution in [3.63, 3.8) is 0 Å². The molecule has 0 aliphatic carbocycles. The van der Waals surface area contributed by atoms with Gasteiger partial charge in [0.2, 0.25) is 5.95 Å². The van der Waals surface area contributed by atoms with E-state index in [1.807, 2.05) is 0 Å². The summed E-state index contributed by atoms with van der Waals surface area (Å²) in [4.78, 5) is 17.0. The molecule has 8 nitrogen and oxygen atoms in total. The molecule has 1 aliphatic heterocycles. The smallest absolute Gasteiger partial charge is 0.255 e. The Hall–Kier alpha value is -3.62. The normalized spacial score (nSPS) is 16.0. The maximum absolute atomic E-state index is 13.4. The summed E-state index contributed by atoms with van der Waals surface area (Å²) in [5, 5.41) is 17.4. The van der Waals surface area contributed by atoms with Crippen molar-refractivity contribution in [2.24, 2.45) is 0 Å². The van der Waals surface area contributed by atoms with Crippen LogP contribution >= 0.6 is 0 Å². The van der Waals surface area contributed by atoms with Gasteiger partial charge in [-0.25, -0.2) is 4.39 Å². The molecule has 0 spiro atoms. The topological polar surface area (TPSA) is 97.6 Å². The van der Waals surface area contributed by atoms with Crippen LogP contribution in [0.4, 0.5) is 16.0 Å². The fraction of sp³-hybridized carbons (Fsp3) is 0.118. The summed E-state index contributed by atoms with van der Waals surface area (Å²) in [5.41, 5.74) is 2.30. The second kappa shape index (κ2) is 6.36. The number of hydrogen-bond donors (Lipinski definition) is 2. The fourth-order valence-electron chi connectivity index (χ4n) is 2.89. The van der Waals surface area contributed by atoms with Gasteiger partial charge in [0.05, 0.1) is 17.5 Å². The SMILES string of the molecule is CC1=C(C(=O)Nc2cccnc2)[C@@H](c2ccc(F)cc2)n2nnnc2N1. The van der Waals surface area contributed by atoms with Crippen molar-refractivity contribution in [2.75, 3.05) is 10.6 Å². The average Bonchev–Trinajstić information content (AvgIpc) is 3.10. The lowest BCUT2D eigenvalue weighted by molar-refractivity contribution is -0.113. The lowest BCUT2D eigenvalue weighted by Crippen LogP contribution is -2.31. The molecule has 0 unspecified atom stereocenters. The van der Waals surface area contributed by atoms with E-state index in [1.54, 1.807) is 43.6 Å². The van der Waals surface area contributed by atoms with Gasteiger partial charge in [-0.1, -0.05) is 17.2 Å². The van der Waals surface area contributed by atoms with Gasteiger partial charge in [0.25, 0.3) is 5.91 Å². The zero-order chi connectivity index (χ0) is 18.1. The Kier molecular flexibility index (Phi) is 3.88. The van der Waals surface area contributed by atoms with E-state index in [0.29, 0.717) is 28.5 Å². The van der Waals surface area contributed by atoms with Gasteiger partial charge in [0.15, 0.2) is 0 Å². The van der Waals surface area contributed by atoms with Crippen LogP contribution in [0, 0.1) is 5.82 Å². The van der Waals surface area contributed by atoms with E-state index in [0.717, 1.165) is 0 Å². The van der Waals surface area contributed by atoms with E-state index in [-0.39, 0.29) is 11.7 Å². The van der Waals surface area contributed by atoms with Crippen LogP contribution < -0.4 is 10.6 Å². The van der Waals surface area contributed by atoms with E-state index < -0.39 is 6.04 Å². The van der Waals surface area contributed by atoms with Crippen molar-refractivity contribution in [3.8, 4) is 0 Å². The number of nitrogens with one attached hydrogen (secondary N) is 2. The first-order chi connectivity index (χ1) is 12.6. The van der Waals surface area contributed by atoms with Crippen LogP contribution in [0.3, 0.4) is 0 Å². The van der Waals surface area contributed by atoms with E-state index >= 15 is 0 Å². The molecular weight excluding hydrogens is 337 g/mol. The predicted molar refractivity (Wildman–Crippen MR) is 91.5 cm³/mol. The summed E-state index contributed by atoms with van der Waals surface area (Å²) in [7, 11) is 0. The number of nitrogens with zero attached hydrogens (tertiary/aromatic N) is 5. The molecule has 0 saturated heterocycles. The predicted octanol–water partition coefficient (Wildman–Crippen LogP) is 2.13. The number of tetrazole rings is 1. The molecule has 1 atom stereocenters. The van der Waals surface area contributed by atoms with Gasteiger partial charge in [-0.05, 0) is 47.2 Å². The highest BCUT2D eigenvalue weighted by Crippen LogP contribution is 2.34. The first-order valence-electron chi connectivity index (χ1n) is 7.86. The summed E-state index contributed by atoms with van der Waals surface area (Å²) in [6, 6.07) is 8.79. The molecule has 3 heterocycles. The number of carbonyl (C=O) groups excluding carboxylic acids is 1. The van der Waals surface area contributed by atoms with Crippen molar-refractivity contribution < 1.29 is 9.18 Å². The van der Waals surface area contributed by atoms with Crippen LogP contribution in [0.5, 0.6) is 0 Å². The third-order valence-electron chi connectivity index (χ3n) is 4.06. The summed E-state index contributed by atoms with van der Waals surface area (Å²) in [5.74, 6) is -0.269. The Morgan fingerprint density at radius 3 is 2.81 bits per heavy atom. The summed E-state index contributed by atoms with van der Waals surface area (Å²) < 4.78 is 14.9. The monoisotopic (exact) mass is 351 g/mol. The highest BCUT2D eigenvalue weighted by molar-refractivity contribution is 6.05. The highest BCUT2D eigenvalue weighted by Gasteiger charge is 2.34. The molecular formula is C17H14FN7O. The van der Waals surface area contributed by atoms with E-state index in [1.165, 1.54) is 16.8 Å². The number of rotatable bonds is 3.